The van der Waals surface area contributed by atoms with Crippen LogP contribution >= 0.6 is 0 Å². The summed E-state index contributed by atoms with van der Waals surface area (Å²) in [6.07, 6.45) is 2.62. The van der Waals surface area contributed by atoms with Crippen molar-refractivity contribution in [1.29, 1.82) is 5.26 Å². The largest absolute Gasteiger partial charge is 1.00 e. The average Bonchev–Trinajstić information content (AvgIpc) is 2.94. The first-order valence-electron chi connectivity index (χ1n) is 6.35. The third-order valence-electron chi connectivity index (χ3n) is 3.26. The maximum absolute atomic E-state index is 11.2. The molecule has 0 bridgehead atoms. The Kier molecular flexibility index (Phi) is 5.04. The first kappa shape index (κ1) is 17.7. The van der Waals surface area contributed by atoms with Crippen molar-refractivity contribution in [3.8, 4) is 23.2 Å². The van der Waals surface area contributed by atoms with E-state index in [1.54, 1.807) is 0 Å². The van der Waals surface area contributed by atoms with E-state index in [1.165, 1.54) is 36.3 Å². The number of fused-ring (bicyclic) bond motifs is 1. The zero-order chi connectivity index (χ0) is 16.6. The number of pyridine rings is 1. The molecule has 0 saturated carbocycles. The molecule has 0 radical (unpaired) electrons. The van der Waals surface area contributed by atoms with Crippen LogP contribution in [0, 0.1) is 11.3 Å². The number of rotatable bonds is 3. The molecule has 3 heterocycles. The fourth-order valence-corrected chi connectivity index (χ4v) is 2.26. The number of carboxylic acid groups (broad SMARTS) is 1. The summed E-state index contributed by atoms with van der Waals surface area (Å²) in [7, 11) is 1.30. The van der Waals surface area contributed by atoms with Gasteiger partial charge in [0.25, 0.3) is 0 Å². The molecular formula is C14H9N6NaO3. The van der Waals surface area contributed by atoms with Gasteiger partial charge in [0.1, 0.15) is 17.9 Å². The molecule has 3 aromatic rings. The fourth-order valence-electron chi connectivity index (χ4n) is 2.26. The second-order valence-corrected chi connectivity index (χ2v) is 4.53. The first-order chi connectivity index (χ1) is 11.1. The third kappa shape index (κ3) is 2.78. The van der Waals surface area contributed by atoms with Gasteiger partial charge in [-0.25, -0.2) is 14.5 Å². The maximum Gasteiger partial charge on any atom is 1.00 e. The number of methoxy groups -OCH3 is 1. The minimum Gasteiger partial charge on any atom is -0.545 e. The average molecular weight is 332 g/mol. The molecule has 3 aromatic heterocycles. The number of carboxylic acids is 1. The maximum atomic E-state index is 11.2. The third-order valence-corrected chi connectivity index (χ3v) is 3.26. The van der Waals surface area contributed by atoms with Crippen molar-refractivity contribution in [1.82, 2.24) is 19.6 Å². The van der Waals surface area contributed by atoms with Crippen LogP contribution in [0.2, 0.25) is 0 Å². The van der Waals surface area contributed by atoms with Gasteiger partial charge in [0.05, 0.1) is 29.9 Å². The molecular weight excluding hydrogens is 323 g/mol. The molecule has 0 fully saturated rings. The number of carbonyl (C=O) groups is 1. The second-order valence-electron chi connectivity index (χ2n) is 4.53. The number of nitrogen functional groups attached to an aromatic ring is 1. The van der Waals surface area contributed by atoms with Crippen molar-refractivity contribution in [2.45, 2.75) is 0 Å². The quantitative estimate of drug-likeness (QED) is 0.490. The molecule has 0 aliphatic rings. The van der Waals surface area contributed by atoms with Crippen molar-refractivity contribution in [2.24, 2.45) is 0 Å². The number of nitrogens with two attached hydrogens (primary N) is 1. The number of anilines is 1. The zero-order valence-corrected chi connectivity index (χ0v) is 14.8. The number of carbonyl (C=O) groups excluding carboxylic acids is 1. The number of hydrogen-bond acceptors (Lipinski definition) is 8. The Hall–Kier alpha value is -2.67. The van der Waals surface area contributed by atoms with E-state index in [0.29, 0.717) is 16.8 Å². The number of hydrogen-bond donors (Lipinski definition) is 1. The minimum atomic E-state index is -1.44. The smallest absolute Gasteiger partial charge is 0.545 e. The molecule has 0 aliphatic carbocycles. The van der Waals surface area contributed by atoms with Crippen LogP contribution in [0.3, 0.4) is 0 Å². The van der Waals surface area contributed by atoms with Gasteiger partial charge in [-0.3, -0.25) is 0 Å². The number of ether oxygens (including phenoxy) is 1. The molecule has 0 aliphatic heterocycles. The van der Waals surface area contributed by atoms with Crippen LogP contribution < -0.4 is 45.1 Å². The summed E-state index contributed by atoms with van der Waals surface area (Å²) >= 11 is 0. The standard InChI is InChI=1S/C14H10N6O3.Na/c1-23-13-9(14(21)22)2-8(5-17-13)11-7(4-15)3-10-12(16)18-6-19-20(10)11;/h2-3,5-6H,1H3,(H,21,22)(H2,16,18,19);/q;+1/p-1. The normalized spacial score (nSPS) is 10.0. The second kappa shape index (κ2) is 6.84. The van der Waals surface area contributed by atoms with Gasteiger partial charge in [0.15, 0.2) is 5.82 Å². The van der Waals surface area contributed by atoms with Crippen LogP contribution in [0.1, 0.15) is 15.9 Å². The molecule has 2 N–H and O–H groups in total. The Bertz CT molecular complexity index is 979. The molecule has 24 heavy (non-hydrogen) atoms. The van der Waals surface area contributed by atoms with Crippen molar-refractivity contribution in [3.05, 3.63) is 35.8 Å². The summed E-state index contributed by atoms with van der Waals surface area (Å²) in [5, 5.41) is 24.6. The fraction of sp³-hybridized carbons (Fsp3) is 0.0714. The summed E-state index contributed by atoms with van der Waals surface area (Å²) in [4.78, 5) is 19.0. The van der Waals surface area contributed by atoms with E-state index in [1.807, 2.05) is 6.07 Å². The molecule has 0 unspecified atom stereocenters. The van der Waals surface area contributed by atoms with E-state index >= 15 is 0 Å². The number of nitrogens with zero attached hydrogens (tertiary/aromatic N) is 5. The predicted octanol–water partition coefficient (Wildman–Crippen LogP) is -3.38. The molecule has 0 spiro atoms. The Morgan fingerprint density at radius 1 is 1.42 bits per heavy atom. The van der Waals surface area contributed by atoms with Crippen molar-refractivity contribution in [3.63, 3.8) is 0 Å². The Morgan fingerprint density at radius 2 is 2.17 bits per heavy atom. The van der Waals surface area contributed by atoms with Gasteiger partial charge >= 0.3 is 29.6 Å². The van der Waals surface area contributed by atoms with Crippen LogP contribution in [-0.2, 0) is 0 Å². The SMILES string of the molecule is COc1ncc(-c2c(C#N)cc3c(N)ncnn23)cc1C(=O)[O-].[Na+]. The van der Waals surface area contributed by atoms with Gasteiger partial charge in [-0.2, -0.15) is 10.4 Å². The van der Waals surface area contributed by atoms with E-state index in [4.69, 9.17) is 10.5 Å². The molecule has 10 heteroatoms. The van der Waals surface area contributed by atoms with E-state index in [0.717, 1.165) is 0 Å². The van der Waals surface area contributed by atoms with Gasteiger partial charge in [-0.05, 0) is 12.1 Å². The van der Waals surface area contributed by atoms with E-state index in [-0.39, 0.29) is 52.4 Å². The summed E-state index contributed by atoms with van der Waals surface area (Å²) < 4.78 is 6.30. The Morgan fingerprint density at radius 3 is 2.79 bits per heavy atom. The summed E-state index contributed by atoms with van der Waals surface area (Å²) in [6.45, 7) is 0. The van der Waals surface area contributed by atoms with Crippen LogP contribution in [0.25, 0.3) is 16.8 Å². The van der Waals surface area contributed by atoms with Gasteiger partial charge in [-0.1, -0.05) is 0 Å². The topological polar surface area (TPSA) is 142 Å². The molecule has 0 atom stereocenters. The van der Waals surface area contributed by atoms with Crippen LogP contribution in [0.15, 0.2) is 24.7 Å². The number of nitriles is 1. The summed E-state index contributed by atoms with van der Waals surface area (Å²) in [5.41, 5.74) is 6.95. The molecule has 3 rings (SSSR count). The summed E-state index contributed by atoms with van der Waals surface area (Å²) in [5.74, 6) is -1.32. The van der Waals surface area contributed by atoms with Crippen LogP contribution in [-0.4, -0.2) is 32.7 Å². The number of aromatic carboxylic acids is 1. The van der Waals surface area contributed by atoms with E-state index in [2.05, 4.69) is 15.1 Å². The molecule has 9 nitrogen and oxygen atoms in total. The minimum absolute atomic E-state index is 0. The Labute approximate surface area is 158 Å². The number of aromatic nitrogens is 4. The first-order valence-corrected chi connectivity index (χ1v) is 6.35. The zero-order valence-electron chi connectivity index (χ0n) is 12.8. The predicted molar refractivity (Wildman–Crippen MR) is 76.2 cm³/mol. The van der Waals surface area contributed by atoms with Gasteiger partial charge in [0.2, 0.25) is 5.88 Å². The van der Waals surface area contributed by atoms with Crippen LogP contribution in [0.5, 0.6) is 5.88 Å². The Balaban J connectivity index is 0.00000208. The van der Waals surface area contributed by atoms with Crippen molar-refractivity contribution in [2.75, 3.05) is 12.8 Å². The van der Waals surface area contributed by atoms with E-state index in [9.17, 15) is 15.2 Å². The van der Waals surface area contributed by atoms with Crippen LogP contribution in [0.4, 0.5) is 5.82 Å². The molecule has 0 aromatic carbocycles. The van der Waals surface area contributed by atoms with Crippen molar-refractivity contribution >= 4 is 17.3 Å². The van der Waals surface area contributed by atoms with Gasteiger partial charge < -0.3 is 20.4 Å². The van der Waals surface area contributed by atoms with E-state index < -0.39 is 5.97 Å². The monoisotopic (exact) mass is 332 g/mol. The van der Waals surface area contributed by atoms with Crippen molar-refractivity contribution < 1.29 is 44.2 Å². The molecule has 114 valence electrons. The molecule has 0 amide bonds. The summed E-state index contributed by atoms with van der Waals surface area (Å²) in [6, 6.07) is 4.85. The molecule has 0 saturated heterocycles. The van der Waals surface area contributed by atoms with Gasteiger partial charge in [0, 0.05) is 11.8 Å². The van der Waals surface area contributed by atoms with Gasteiger partial charge in [-0.15, -0.1) is 0 Å².